The van der Waals surface area contributed by atoms with Gasteiger partial charge in [-0.05, 0) is 71.0 Å². The van der Waals surface area contributed by atoms with Crippen LogP contribution >= 0.6 is 11.3 Å². The standard InChI is InChI=1S/C31H37N5O3S/c32-26(18-24-20-40-28-11-5-4-10-25(24)28)30(38)35-15-7-1-6-14-34-27(31(39)36-19-29(33)37)17-21-12-13-22-8-2-3-9-23(22)16-21/h2-5,8-13,16,20,26-27,34H,1,6-7,14-15,17-19,32H2,(H2,33,37)(H,35,38)(H,36,39)/t26-,27-/m1/s1. The van der Waals surface area contributed by atoms with Gasteiger partial charge in [0.25, 0.3) is 0 Å². The summed E-state index contributed by atoms with van der Waals surface area (Å²) in [5.74, 6) is -0.982. The quantitative estimate of drug-likeness (QED) is 0.143. The van der Waals surface area contributed by atoms with E-state index in [4.69, 9.17) is 11.5 Å². The summed E-state index contributed by atoms with van der Waals surface area (Å²) in [5, 5.41) is 14.4. The van der Waals surface area contributed by atoms with Crippen molar-refractivity contribution in [2.75, 3.05) is 19.6 Å². The number of primary amides is 1. The van der Waals surface area contributed by atoms with E-state index >= 15 is 0 Å². The lowest BCUT2D eigenvalue weighted by atomic mass is 10.0. The summed E-state index contributed by atoms with van der Waals surface area (Å²) in [6.07, 6.45) is 3.52. The monoisotopic (exact) mass is 559 g/mol. The van der Waals surface area contributed by atoms with Gasteiger partial charge in [0.2, 0.25) is 17.7 Å². The van der Waals surface area contributed by atoms with Crippen molar-refractivity contribution in [1.82, 2.24) is 16.0 Å². The predicted molar refractivity (Wildman–Crippen MR) is 162 cm³/mol. The van der Waals surface area contributed by atoms with Crippen LogP contribution in [0, 0.1) is 0 Å². The molecule has 0 bridgehead atoms. The van der Waals surface area contributed by atoms with E-state index in [1.54, 1.807) is 11.3 Å². The number of carbonyl (C=O) groups excluding carboxylic acids is 3. The second-order valence-corrected chi connectivity index (χ2v) is 10.9. The zero-order valence-electron chi connectivity index (χ0n) is 22.5. The molecule has 1 heterocycles. The van der Waals surface area contributed by atoms with Crippen LogP contribution in [-0.4, -0.2) is 49.4 Å². The Morgan fingerprint density at radius 2 is 1.55 bits per heavy atom. The van der Waals surface area contributed by atoms with Gasteiger partial charge in [0.15, 0.2) is 0 Å². The third-order valence-electron chi connectivity index (χ3n) is 6.89. The Balaban J connectivity index is 1.19. The molecule has 0 aliphatic heterocycles. The van der Waals surface area contributed by atoms with Gasteiger partial charge in [-0.2, -0.15) is 0 Å². The topological polar surface area (TPSA) is 139 Å². The van der Waals surface area contributed by atoms with Gasteiger partial charge >= 0.3 is 0 Å². The maximum atomic E-state index is 12.8. The lowest BCUT2D eigenvalue weighted by molar-refractivity contribution is -0.126. The van der Waals surface area contributed by atoms with Crippen LogP contribution in [0.15, 0.2) is 72.1 Å². The highest BCUT2D eigenvalue weighted by molar-refractivity contribution is 7.17. The largest absolute Gasteiger partial charge is 0.368 e. The first kappa shape index (κ1) is 29.2. The van der Waals surface area contributed by atoms with Gasteiger partial charge in [-0.3, -0.25) is 14.4 Å². The smallest absolute Gasteiger partial charge is 0.237 e. The molecule has 0 spiro atoms. The molecule has 0 aliphatic carbocycles. The lowest BCUT2D eigenvalue weighted by Gasteiger charge is -2.19. The maximum absolute atomic E-state index is 12.8. The highest BCUT2D eigenvalue weighted by Crippen LogP contribution is 2.26. The summed E-state index contributed by atoms with van der Waals surface area (Å²) in [5.41, 5.74) is 13.5. The second kappa shape index (κ2) is 14.6. The van der Waals surface area contributed by atoms with E-state index in [1.807, 2.05) is 42.5 Å². The van der Waals surface area contributed by atoms with Crippen LogP contribution in [0.4, 0.5) is 0 Å². The van der Waals surface area contributed by atoms with E-state index in [0.717, 1.165) is 46.5 Å². The molecule has 4 rings (SSSR count). The van der Waals surface area contributed by atoms with Crippen LogP contribution in [0.2, 0.25) is 0 Å². The van der Waals surface area contributed by atoms with E-state index in [0.29, 0.717) is 25.9 Å². The highest BCUT2D eigenvalue weighted by Gasteiger charge is 2.19. The molecule has 0 aliphatic rings. The van der Waals surface area contributed by atoms with Crippen LogP contribution in [0.1, 0.15) is 30.4 Å². The first-order chi connectivity index (χ1) is 19.4. The highest BCUT2D eigenvalue weighted by atomic mass is 32.1. The minimum atomic E-state index is -0.588. The molecule has 0 fully saturated rings. The number of amides is 3. The van der Waals surface area contributed by atoms with Crippen molar-refractivity contribution in [3.05, 3.63) is 83.2 Å². The molecule has 40 heavy (non-hydrogen) atoms. The van der Waals surface area contributed by atoms with Crippen molar-refractivity contribution in [3.63, 3.8) is 0 Å². The van der Waals surface area contributed by atoms with Gasteiger partial charge in [0, 0.05) is 11.2 Å². The number of hydrogen-bond donors (Lipinski definition) is 5. The van der Waals surface area contributed by atoms with Gasteiger partial charge in [0.05, 0.1) is 18.6 Å². The molecule has 3 aromatic carbocycles. The Morgan fingerprint density at radius 1 is 0.800 bits per heavy atom. The van der Waals surface area contributed by atoms with Gasteiger partial charge in [0.1, 0.15) is 0 Å². The summed E-state index contributed by atoms with van der Waals surface area (Å²) in [4.78, 5) is 36.4. The van der Waals surface area contributed by atoms with Gasteiger partial charge in [-0.25, -0.2) is 0 Å². The zero-order valence-corrected chi connectivity index (χ0v) is 23.3. The van der Waals surface area contributed by atoms with Crippen LogP contribution in [0.5, 0.6) is 0 Å². The number of fused-ring (bicyclic) bond motifs is 2. The van der Waals surface area contributed by atoms with Crippen LogP contribution < -0.4 is 27.4 Å². The maximum Gasteiger partial charge on any atom is 0.237 e. The fraction of sp³-hybridized carbons (Fsp3) is 0.323. The molecule has 0 unspecified atom stereocenters. The molecule has 0 radical (unpaired) electrons. The van der Waals surface area contributed by atoms with E-state index in [-0.39, 0.29) is 18.4 Å². The molecule has 0 saturated carbocycles. The number of carbonyl (C=O) groups is 3. The van der Waals surface area contributed by atoms with Crippen LogP contribution in [-0.2, 0) is 27.2 Å². The summed E-state index contributed by atoms with van der Waals surface area (Å²) >= 11 is 1.67. The molecular weight excluding hydrogens is 522 g/mol. The second-order valence-electron chi connectivity index (χ2n) is 10.00. The first-order valence-corrected chi connectivity index (χ1v) is 14.5. The zero-order chi connectivity index (χ0) is 28.3. The van der Waals surface area contributed by atoms with Crippen LogP contribution in [0.25, 0.3) is 20.9 Å². The Bertz CT molecular complexity index is 1450. The van der Waals surface area contributed by atoms with Crippen molar-refractivity contribution in [2.45, 2.75) is 44.2 Å². The van der Waals surface area contributed by atoms with Gasteiger partial charge in [-0.1, -0.05) is 67.1 Å². The molecule has 3 amide bonds. The lowest BCUT2D eigenvalue weighted by Crippen LogP contribution is -2.48. The molecule has 8 nitrogen and oxygen atoms in total. The summed E-state index contributed by atoms with van der Waals surface area (Å²) < 4.78 is 1.20. The molecule has 7 N–H and O–H groups in total. The normalized spacial score (nSPS) is 12.7. The van der Waals surface area contributed by atoms with Crippen molar-refractivity contribution in [1.29, 1.82) is 0 Å². The predicted octanol–water partition coefficient (Wildman–Crippen LogP) is 3.01. The fourth-order valence-electron chi connectivity index (χ4n) is 4.72. The molecule has 210 valence electrons. The minimum absolute atomic E-state index is 0.144. The number of rotatable bonds is 15. The summed E-state index contributed by atoms with van der Waals surface area (Å²) in [6.45, 7) is 0.983. The van der Waals surface area contributed by atoms with Gasteiger partial charge in [-0.15, -0.1) is 11.3 Å². The number of benzene rings is 3. The van der Waals surface area contributed by atoms with E-state index < -0.39 is 18.0 Å². The van der Waals surface area contributed by atoms with Crippen molar-refractivity contribution in [3.8, 4) is 0 Å². The SMILES string of the molecule is NC(=O)CNC(=O)[C@@H](Cc1ccc2ccccc2c1)NCCCCCNC(=O)[C@H](N)Cc1csc2ccccc12. The van der Waals surface area contributed by atoms with E-state index in [9.17, 15) is 14.4 Å². The number of nitrogens with two attached hydrogens (primary N) is 2. The van der Waals surface area contributed by atoms with Crippen molar-refractivity contribution >= 4 is 49.9 Å². The number of nitrogens with one attached hydrogen (secondary N) is 3. The minimum Gasteiger partial charge on any atom is -0.368 e. The molecule has 4 aromatic rings. The molecular formula is C31H37N5O3S. The molecule has 2 atom stereocenters. The van der Waals surface area contributed by atoms with E-state index in [2.05, 4.69) is 45.6 Å². The average molecular weight is 560 g/mol. The third kappa shape index (κ3) is 8.35. The first-order valence-electron chi connectivity index (χ1n) is 13.7. The van der Waals surface area contributed by atoms with E-state index in [1.165, 1.54) is 4.70 Å². The van der Waals surface area contributed by atoms with Crippen molar-refractivity contribution < 1.29 is 14.4 Å². The fourth-order valence-corrected chi connectivity index (χ4v) is 5.70. The molecule has 1 aromatic heterocycles. The average Bonchev–Trinajstić information content (AvgIpc) is 3.37. The molecule has 0 saturated heterocycles. The summed E-state index contributed by atoms with van der Waals surface area (Å²) in [7, 11) is 0. The number of hydrogen-bond acceptors (Lipinski definition) is 6. The Hall–Kier alpha value is -3.79. The van der Waals surface area contributed by atoms with Crippen molar-refractivity contribution in [2.24, 2.45) is 11.5 Å². The third-order valence-corrected chi connectivity index (χ3v) is 7.90. The Labute approximate surface area is 238 Å². The number of unbranched alkanes of at least 4 members (excludes halogenated alkanes) is 2. The van der Waals surface area contributed by atoms with Gasteiger partial charge < -0.3 is 27.4 Å². The number of thiophene rings is 1. The van der Waals surface area contributed by atoms with Crippen LogP contribution in [0.3, 0.4) is 0 Å². The molecule has 9 heteroatoms. The Morgan fingerprint density at radius 3 is 2.38 bits per heavy atom. The Kier molecular flexibility index (Phi) is 10.6. The summed E-state index contributed by atoms with van der Waals surface area (Å²) in [6, 6.07) is 21.3.